The zero-order valence-electron chi connectivity index (χ0n) is 8.90. The van der Waals surface area contributed by atoms with Crippen molar-refractivity contribution < 1.29 is 19.4 Å². The molecule has 0 spiro atoms. The van der Waals surface area contributed by atoms with Crippen molar-refractivity contribution in [2.24, 2.45) is 0 Å². The molecule has 0 saturated carbocycles. The summed E-state index contributed by atoms with van der Waals surface area (Å²) >= 11 is 0. The highest BCUT2D eigenvalue weighted by Crippen LogP contribution is 2.28. The van der Waals surface area contributed by atoms with Gasteiger partial charge in [-0.25, -0.2) is 4.79 Å². The Kier molecular flexibility index (Phi) is 4.22. The second-order valence-corrected chi connectivity index (χ2v) is 2.97. The molecule has 0 aromatic heterocycles. The van der Waals surface area contributed by atoms with Crippen molar-refractivity contribution >= 4 is 5.97 Å². The Morgan fingerprint density at radius 1 is 1.50 bits per heavy atom. The second kappa shape index (κ2) is 5.66. The monoisotopic (exact) mass is 220 g/mol. The minimum Gasteiger partial charge on any atom is -0.493 e. The molecule has 4 nitrogen and oxygen atoms in total. The van der Waals surface area contributed by atoms with Gasteiger partial charge in [-0.1, -0.05) is 0 Å². The summed E-state index contributed by atoms with van der Waals surface area (Å²) in [5.74, 6) is 2.31. The summed E-state index contributed by atoms with van der Waals surface area (Å²) < 4.78 is 10.4. The van der Waals surface area contributed by atoms with Crippen molar-refractivity contribution in [2.45, 2.75) is 6.42 Å². The van der Waals surface area contributed by atoms with E-state index in [0.29, 0.717) is 24.5 Å². The van der Waals surface area contributed by atoms with Crippen molar-refractivity contribution in [1.29, 1.82) is 0 Å². The van der Waals surface area contributed by atoms with Gasteiger partial charge in [-0.3, -0.25) is 0 Å². The molecule has 0 bridgehead atoms. The van der Waals surface area contributed by atoms with Gasteiger partial charge in [0.25, 0.3) is 0 Å². The first-order chi connectivity index (χ1) is 7.69. The maximum absolute atomic E-state index is 10.7. The SMILES string of the molecule is C#CCCOc1ccc(C(=O)O)cc1OC. The van der Waals surface area contributed by atoms with Gasteiger partial charge in [0, 0.05) is 6.42 Å². The Labute approximate surface area is 93.8 Å². The topological polar surface area (TPSA) is 55.8 Å². The van der Waals surface area contributed by atoms with Crippen LogP contribution in [0.5, 0.6) is 11.5 Å². The van der Waals surface area contributed by atoms with Crippen LogP contribution < -0.4 is 9.47 Å². The van der Waals surface area contributed by atoms with E-state index in [1.54, 1.807) is 6.07 Å². The summed E-state index contributed by atoms with van der Waals surface area (Å²) in [4.78, 5) is 10.7. The molecule has 0 radical (unpaired) electrons. The Bertz CT molecular complexity index is 418. The number of carboxylic acids is 1. The normalized spacial score (nSPS) is 9.25. The molecule has 4 heteroatoms. The van der Waals surface area contributed by atoms with Gasteiger partial charge in [0.15, 0.2) is 11.5 Å². The second-order valence-electron chi connectivity index (χ2n) is 2.97. The zero-order valence-corrected chi connectivity index (χ0v) is 8.90. The third-order valence-corrected chi connectivity index (χ3v) is 1.91. The van der Waals surface area contributed by atoms with E-state index in [1.807, 2.05) is 0 Å². The number of rotatable bonds is 5. The number of carboxylic acid groups (broad SMARTS) is 1. The first kappa shape index (κ1) is 11.9. The number of methoxy groups -OCH3 is 1. The predicted octanol–water partition coefficient (Wildman–Crippen LogP) is 1.80. The molecule has 16 heavy (non-hydrogen) atoms. The summed E-state index contributed by atoms with van der Waals surface area (Å²) in [7, 11) is 1.45. The van der Waals surface area contributed by atoms with Crippen LogP contribution >= 0.6 is 0 Å². The lowest BCUT2D eigenvalue weighted by Gasteiger charge is -2.09. The first-order valence-electron chi connectivity index (χ1n) is 4.66. The molecule has 0 fully saturated rings. The summed E-state index contributed by atoms with van der Waals surface area (Å²) in [6.07, 6.45) is 5.58. The van der Waals surface area contributed by atoms with Crippen LogP contribution in [0.2, 0.25) is 0 Å². The molecule has 0 heterocycles. The van der Waals surface area contributed by atoms with E-state index in [9.17, 15) is 4.79 Å². The third kappa shape index (κ3) is 2.92. The lowest BCUT2D eigenvalue weighted by atomic mass is 10.2. The molecule has 0 saturated heterocycles. The van der Waals surface area contributed by atoms with Crippen molar-refractivity contribution in [3.05, 3.63) is 23.8 Å². The zero-order chi connectivity index (χ0) is 12.0. The Morgan fingerprint density at radius 3 is 2.81 bits per heavy atom. The third-order valence-electron chi connectivity index (χ3n) is 1.91. The minimum atomic E-state index is -1.01. The maximum Gasteiger partial charge on any atom is 0.335 e. The number of carbonyl (C=O) groups is 1. The van der Waals surface area contributed by atoms with Crippen LogP contribution in [-0.4, -0.2) is 24.8 Å². The minimum absolute atomic E-state index is 0.154. The number of terminal acetylenes is 1. The maximum atomic E-state index is 10.7. The van der Waals surface area contributed by atoms with Gasteiger partial charge in [-0.15, -0.1) is 12.3 Å². The number of benzene rings is 1. The molecular formula is C12H12O4. The molecule has 84 valence electrons. The molecule has 1 N–H and O–H groups in total. The van der Waals surface area contributed by atoms with Gasteiger partial charge in [0.05, 0.1) is 19.3 Å². The molecule has 0 aliphatic carbocycles. The Balaban J connectivity index is 2.85. The fraction of sp³-hybridized carbons (Fsp3) is 0.250. The largest absolute Gasteiger partial charge is 0.493 e. The Morgan fingerprint density at radius 2 is 2.25 bits per heavy atom. The molecule has 1 rings (SSSR count). The molecule has 0 amide bonds. The van der Waals surface area contributed by atoms with Crippen molar-refractivity contribution in [3.63, 3.8) is 0 Å². The van der Waals surface area contributed by atoms with E-state index in [4.69, 9.17) is 21.0 Å². The van der Waals surface area contributed by atoms with E-state index in [1.165, 1.54) is 19.2 Å². The number of aromatic carboxylic acids is 1. The van der Waals surface area contributed by atoms with E-state index >= 15 is 0 Å². The van der Waals surface area contributed by atoms with Crippen LogP contribution in [0.25, 0.3) is 0 Å². The molecule has 0 atom stereocenters. The highest BCUT2D eigenvalue weighted by molar-refractivity contribution is 5.88. The van der Waals surface area contributed by atoms with E-state index < -0.39 is 5.97 Å². The van der Waals surface area contributed by atoms with Gasteiger partial charge in [-0.2, -0.15) is 0 Å². The summed E-state index contributed by atoms with van der Waals surface area (Å²) in [5, 5.41) is 8.79. The molecule has 0 unspecified atom stereocenters. The van der Waals surface area contributed by atoms with Gasteiger partial charge >= 0.3 is 5.97 Å². The van der Waals surface area contributed by atoms with Crippen molar-refractivity contribution in [3.8, 4) is 23.8 Å². The van der Waals surface area contributed by atoms with Crippen molar-refractivity contribution in [1.82, 2.24) is 0 Å². The highest BCUT2D eigenvalue weighted by atomic mass is 16.5. The summed E-state index contributed by atoms with van der Waals surface area (Å²) in [6.45, 7) is 0.374. The first-order valence-corrected chi connectivity index (χ1v) is 4.66. The van der Waals surface area contributed by atoms with Crippen LogP contribution in [0.1, 0.15) is 16.8 Å². The molecule has 1 aromatic carbocycles. The Hall–Kier alpha value is -2.15. The highest BCUT2D eigenvalue weighted by Gasteiger charge is 2.09. The fourth-order valence-electron chi connectivity index (χ4n) is 1.14. The van der Waals surface area contributed by atoms with Crippen LogP contribution in [-0.2, 0) is 0 Å². The quantitative estimate of drug-likeness (QED) is 0.607. The average Bonchev–Trinajstić information content (AvgIpc) is 2.29. The predicted molar refractivity (Wildman–Crippen MR) is 58.9 cm³/mol. The van der Waals surface area contributed by atoms with Crippen LogP contribution in [0.3, 0.4) is 0 Å². The van der Waals surface area contributed by atoms with E-state index in [0.717, 1.165) is 0 Å². The lowest BCUT2D eigenvalue weighted by molar-refractivity contribution is 0.0696. The van der Waals surface area contributed by atoms with Gasteiger partial charge in [0.2, 0.25) is 0 Å². The fourth-order valence-corrected chi connectivity index (χ4v) is 1.14. The van der Waals surface area contributed by atoms with E-state index in [2.05, 4.69) is 5.92 Å². The number of hydrogen-bond donors (Lipinski definition) is 1. The van der Waals surface area contributed by atoms with Gasteiger partial charge in [-0.05, 0) is 18.2 Å². The molecule has 1 aromatic rings. The molecule has 0 aliphatic rings. The van der Waals surface area contributed by atoms with Crippen LogP contribution in [0.4, 0.5) is 0 Å². The lowest BCUT2D eigenvalue weighted by Crippen LogP contribution is -2.01. The van der Waals surface area contributed by atoms with Crippen LogP contribution in [0, 0.1) is 12.3 Å². The number of ether oxygens (including phenoxy) is 2. The smallest absolute Gasteiger partial charge is 0.335 e. The van der Waals surface area contributed by atoms with Crippen LogP contribution in [0.15, 0.2) is 18.2 Å². The van der Waals surface area contributed by atoms with Crippen molar-refractivity contribution in [2.75, 3.05) is 13.7 Å². The van der Waals surface area contributed by atoms with Gasteiger partial charge in [0.1, 0.15) is 0 Å². The average molecular weight is 220 g/mol. The van der Waals surface area contributed by atoms with E-state index in [-0.39, 0.29) is 5.56 Å². The molecule has 0 aliphatic heterocycles. The molecular weight excluding hydrogens is 208 g/mol. The van der Waals surface area contributed by atoms with Gasteiger partial charge < -0.3 is 14.6 Å². The summed E-state index contributed by atoms with van der Waals surface area (Å²) in [6, 6.07) is 4.42. The standard InChI is InChI=1S/C12H12O4/c1-3-4-7-16-10-6-5-9(12(13)14)8-11(10)15-2/h1,5-6,8H,4,7H2,2H3,(H,13,14). The summed E-state index contributed by atoms with van der Waals surface area (Å²) in [5.41, 5.74) is 0.154. The number of hydrogen-bond acceptors (Lipinski definition) is 3.